The number of primary sulfonamides is 1. The van der Waals surface area contributed by atoms with E-state index >= 15 is 0 Å². The number of halogens is 1. The highest BCUT2D eigenvalue weighted by molar-refractivity contribution is 14.0. The number of aliphatic imine (C=N–C) groups is 1. The van der Waals surface area contributed by atoms with Crippen molar-refractivity contribution in [2.24, 2.45) is 10.1 Å². The first kappa shape index (κ1) is 19.4. The molecule has 0 radical (unpaired) electrons. The fourth-order valence-corrected chi connectivity index (χ4v) is 3.66. The minimum atomic E-state index is -3.65. The van der Waals surface area contributed by atoms with Crippen molar-refractivity contribution in [3.63, 3.8) is 0 Å². The summed E-state index contributed by atoms with van der Waals surface area (Å²) in [5.41, 5.74) is 0.949. The number of fused-ring (bicyclic) bond motifs is 2. The van der Waals surface area contributed by atoms with E-state index in [1.54, 1.807) is 19.2 Å². The highest BCUT2D eigenvalue weighted by Gasteiger charge is 2.41. The molecule has 134 valence electrons. The van der Waals surface area contributed by atoms with Crippen LogP contribution in [0.25, 0.3) is 0 Å². The summed E-state index contributed by atoms with van der Waals surface area (Å²) in [5.74, 6) is 0.724. The number of ether oxygens (including phenoxy) is 1. The van der Waals surface area contributed by atoms with Crippen LogP contribution in [0, 0.1) is 0 Å². The molecule has 2 heterocycles. The van der Waals surface area contributed by atoms with E-state index in [0.717, 1.165) is 30.8 Å². The van der Waals surface area contributed by atoms with Crippen molar-refractivity contribution >= 4 is 40.0 Å². The van der Waals surface area contributed by atoms with E-state index in [2.05, 4.69) is 15.6 Å². The van der Waals surface area contributed by atoms with Crippen molar-refractivity contribution < 1.29 is 13.2 Å². The van der Waals surface area contributed by atoms with Crippen LogP contribution in [0.3, 0.4) is 0 Å². The fraction of sp³-hybridized carbons (Fsp3) is 0.533. The number of nitrogens with two attached hydrogens (primary N) is 1. The average molecular weight is 466 g/mol. The second kappa shape index (κ2) is 7.98. The first-order valence-electron chi connectivity index (χ1n) is 7.70. The standard InChI is InChI=1S/C15H22N4O3S.HI/c1-17-15(19-13-8-11-4-7-14(13)22-11)18-9-10-2-5-12(6-3-10)23(16,20)21;/h2-3,5-6,11,13-14H,4,7-9H2,1H3,(H2,16,20,21)(H2,17,18,19);1H. The van der Waals surface area contributed by atoms with E-state index in [9.17, 15) is 8.42 Å². The van der Waals surface area contributed by atoms with Crippen LogP contribution in [-0.4, -0.2) is 39.7 Å². The molecule has 7 nitrogen and oxygen atoms in total. The van der Waals surface area contributed by atoms with Gasteiger partial charge in [-0.3, -0.25) is 4.99 Å². The molecule has 24 heavy (non-hydrogen) atoms. The Morgan fingerprint density at radius 1 is 1.33 bits per heavy atom. The quantitative estimate of drug-likeness (QED) is 0.348. The number of rotatable bonds is 4. The van der Waals surface area contributed by atoms with Gasteiger partial charge in [0.2, 0.25) is 10.0 Å². The largest absolute Gasteiger partial charge is 0.373 e. The normalized spacial score (nSPS) is 26.1. The molecule has 2 saturated heterocycles. The molecule has 2 bridgehead atoms. The van der Waals surface area contributed by atoms with Gasteiger partial charge in [0.25, 0.3) is 0 Å². The van der Waals surface area contributed by atoms with Crippen LogP contribution >= 0.6 is 24.0 Å². The molecule has 1 aromatic carbocycles. The maximum absolute atomic E-state index is 11.2. The molecular weight excluding hydrogens is 443 g/mol. The predicted octanol–water partition coefficient (Wildman–Crippen LogP) is 0.937. The SMILES string of the molecule is CN=C(NCc1ccc(S(N)(=O)=O)cc1)NC1CC2CCC1O2.I. The van der Waals surface area contributed by atoms with Crippen LogP contribution in [0.2, 0.25) is 0 Å². The summed E-state index contributed by atoms with van der Waals surface area (Å²) in [6, 6.07) is 6.80. The van der Waals surface area contributed by atoms with Gasteiger partial charge in [-0.25, -0.2) is 13.6 Å². The van der Waals surface area contributed by atoms with Gasteiger partial charge < -0.3 is 15.4 Å². The van der Waals surface area contributed by atoms with Crippen LogP contribution in [0.1, 0.15) is 24.8 Å². The van der Waals surface area contributed by atoms with E-state index in [1.165, 1.54) is 12.1 Å². The number of guanidine groups is 1. The van der Waals surface area contributed by atoms with Crippen molar-refractivity contribution in [3.05, 3.63) is 29.8 Å². The van der Waals surface area contributed by atoms with Gasteiger partial charge in [-0.2, -0.15) is 0 Å². The van der Waals surface area contributed by atoms with Crippen molar-refractivity contribution in [1.29, 1.82) is 0 Å². The van der Waals surface area contributed by atoms with Gasteiger partial charge in [-0.05, 0) is 37.0 Å². The van der Waals surface area contributed by atoms with Gasteiger partial charge in [0.15, 0.2) is 5.96 Å². The Labute approximate surface area is 159 Å². The van der Waals surface area contributed by atoms with Crippen LogP contribution in [0.15, 0.2) is 34.2 Å². The van der Waals surface area contributed by atoms with Gasteiger partial charge >= 0.3 is 0 Å². The molecular formula is C15H23IN4O3S. The van der Waals surface area contributed by atoms with E-state index < -0.39 is 10.0 Å². The second-order valence-electron chi connectivity index (χ2n) is 5.98. The van der Waals surface area contributed by atoms with Gasteiger partial charge in [-0.15, -0.1) is 24.0 Å². The number of nitrogens with zero attached hydrogens (tertiary/aromatic N) is 1. The smallest absolute Gasteiger partial charge is 0.238 e. The fourth-order valence-electron chi connectivity index (χ4n) is 3.14. The van der Waals surface area contributed by atoms with E-state index in [4.69, 9.17) is 9.88 Å². The molecule has 2 aliphatic rings. The zero-order valence-electron chi connectivity index (χ0n) is 13.4. The second-order valence-corrected chi connectivity index (χ2v) is 7.54. The van der Waals surface area contributed by atoms with Gasteiger partial charge in [0.05, 0.1) is 23.1 Å². The van der Waals surface area contributed by atoms with Crippen molar-refractivity contribution in [3.8, 4) is 0 Å². The maximum atomic E-state index is 11.2. The summed E-state index contributed by atoms with van der Waals surface area (Å²) < 4.78 is 28.3. The summed E-state index contributed by atoms with van der Waals surface area (Å²) in [4.78, 5) is 4.34. The van der Waals surface area contributed by atoms with E-state index in [-0.39, 0.29) is 35.0 Å². The third-order valence-electron chi connectivity index (χ3n) is 4.36. The number of hydrogen-bond acceptors (Lipinski definition) is 4. The third kappa shape index (κ3) is 4.58. The molecule has 2 fully saturated rings. The molecule has 3 atom stereocenters. The highest BCUT2D eigenvalue weighted by Crippen LogP contribution is 2.34. The molecule has 2 aliphatic heterocycles. The lowest BCUT2D eigenvalue weighted by Crippen LogP contribution is -2.47. The Hall–Kier alpha value is -0.910. The Morgan fingerprint density at radius 2 is 2.04 bits per heavy atom. The molecule has 0 spiro atoms. The molecule has 0 amide bonds. The average Bonchev–Trinajstić information content (AvgIpc) is 3.13. The van der Waals surface area contributed by atoms with Gasteiger partial charge in [-0.1, -0.05) is 12.1 Å². The van der Waals surface area contributed by atoms with Crippen LogP contribution in [0.4, 0.5) is 0 Å². The molecule has 0 aromatic heterocycles. The number of sulfonamides is 1. The first-order valence-corrected chi connectivity index (χ1v) is 9.25. The highest BCUT2D eigenvalue weighted by atomic mass is 127. The lowest BCUT2D eigenvalue weighted by Gasteiger charge is -2.22. The Kier molecular flexibility index (Phi) is 6.46. The molecule has 1 aromatic rings. The van der Waals surface area contributed by atoms with E-state index in [1.807, 2.05) is 0 Å². The third-order valence-corrected chi connectivity index (χ3v) is 5.29. The first-order chi connectivity index (χ1) is 11.0. The number of benzene rings is 1. The van der Waals surface area contributed by atoms with Gasteiger partial charge in [0.1, 0.15) is 0 Å². The van der Waals surface area contributed by atoms with Crippen molar-refractivity contribution in [2.45, 2.75) is 49.0 Å². The van der Waals surface area contributed by atoms with Crippen LogP contribution in [0.5, 0.6) is 0 Å². The molecule has 3 rings (SSSR count). The molecule has 4 N–H and O–H groups in total. The minimum Gasteiger partial charge on any atom is -0.373 e. The number of hydrogen-bond donors (Lipinski definition) is 3. The molecule has 9 heteroatoms. The lowest BCUT2D eigenvalue weighted by molar-refractivity contribution is 0.0992. The summed E-state index contributed by atoms with van der Waals surface area (Å²) >= 11 is 0. The summed E-state index contributed by atoms with van der Waals surface area (Å²) in [7, 11) is -1.92. The molecule has 0 aliphatic carbocycles. The zero-order chi connectivity index (χ0) is 16.4. The van der Waals surface area contributed by atoms with Crippen LogP contribution in [-0.2, 0) is 21.3 Å². The molecule has 3 unspecified atom stereocenters. The lowest BCUT2D eigenvalue weighted by atomic mass is 9.96. The predicted molar refractivity (Wildman–Crippen MR) is 103 cm³/mol. The Morgan fingerprint density at radius 3 is 2.54 bits per heavy atom. The maximum Gasteiger partial charge on any atom is 0.238 e. The summed E-state index contributed by atoms with van der Waals surface area (Å²) in [6.45, 7) is 0.548. The number of nitrogens with one attached hydrogen (secondary N) is 2. The summed E-state index contributed by atoms with van der Waals surface area (Å²) in [6.07, 6.45) is 3.96. The monoisotopic (exact) mass is 466 g/mol. The Bertz CT molecular complexity index is 693. The summed E-state index contributed by atoms with van der Waals surface area (Å²) in [5, 5.41) is 11.7. The molecule has 0 saturated carbocycles. The zero-order valence-corrected chi connectivity index (χ0v) is 16.6. The van der Waals surface area contributed by atoms with E-state index in [0.29, 0.717) is 18.7 Å². The van der Waals surface area contributed by atoms with Crippen molar-refractivity contribution in [1.82, 2.24) is 10.6 Å². The Balaban J connectivity index is 0.00000208. The topological polar surface area (TPSA) is 106 Å². The van der Waals surface area contributed by atoms with Crippen molar-refractivity contribution in [2.75, 3.05) is 7.05 Å². The minimum absolute atomic E-state index is 0. The van der Waals surface area contributed by atoms with Crippen LogP contribution < -0.4 is 15.8 Å². The van der Waals surface area contributed by atoms with Gasteiger partial charge in [0, 0.05) is 13.6 Å².